The number of anilines is 1. The Labute approximate surface area is 119 Å². The van der Waals surface area contributed by atoms with Crippen molar-refractivity contribution < 1.29 is 8.42 Å². The summed E-state index contributed by atoms with van der Waals surface area (Å²) in [7, 11) is -1.94. The number of aromatic nitrogens is 2. The molecule has 0 aromatic carbocycles. The third-order valence-electron chi connectivity index (χ3n) is 3.30. The van der Waals surface area contributed by atoms with E-state index in [2.05, 4.69) is 15.0 Å². The third kappa shape index (κ3) is 2.78. The van der Waals surface area contributed by atoms with Gasteiger partial charge in [-0.2, -0.15) is 0 Å². The molecule has 2 rings (SSSR count). The van der Waals surface area contributed by atoms with E-state index in [9.17, 15) is 8.42 Å². The van der Waals surface area contributed by atoms with E-state index in [1.54, 1.807) is 29.8 Å². The lowest BCUT2D eigenvalue weighted by Crippen LogP contribution is -2.29. The molecular formula is C13H20N4O2S. The predicted octanol–water partition coefficient (Wildman–Crippen LogP) is 1.70. The van der Waals surface area contributed by atoms with Crippen LogP contribution in [0.25, 0.3) is 5.65 Å². The molecule has 0 radical (unpaired) electrons. The van der Waals surface area contributed by atoms with Gasteiger partial charge in [0.1, 0.15) is 5.65 Å². The summed E-state index contributed by atoms with van der Waals surface area (Å²) < 4.78 is 29.2. The van der Waals surface area contributed by atoms with E-state index in [-0.39, 0.29) is 5.03 Å². The highest BCUT2D eigenvalue weighted by Crippen LogP contribution is 2.22. The quantitative estimate of drug-likeness (QED) is 0.851. The number of sulfonamides is 1. The van der Waals surface area contributed by atoms with Gasteiger partial charge in [-0.15, -0.1) is 0 Å². The van der Waals surface area contributed by atoms with Crippen molar-refractivity contribution in [3.63, 3.8) is 0 Å². The fourth-order valence-corrected chi connectivity index (χ4v) is 3.31. The zero-order valence-corrected chi connectivity index (χ0v) is 12.7. The molecule has 0 amide bonds. The zero-order valence-electron chi connectivity index (χ0n) is 11.9. The molecule has 0 spiro atoms. The normalized spacial score (nSPS) is 13.6. The number of hydrogen-bond donors (Lipinski definition) is 2. The lowest BCUT2D eigenvalue weighted by Gasteiger charge is -2.11. The number of rotatable bonds is 6. The Kier molecular flexibility index (Phi) is 4.29. The molecule has 0 aliphatic heterocycles. The largest absolute Gasteiger partial charge is 0.371 e. The van der Waals surface area contributed by atoms with Crippen LogP contribution in [0.4, 0.5) is 5.82 Å². The zero-order chi connectivity index (χ0) is 14.8. The molecule has 7 heteroatoms. The number of nitrogens with one attached hydrogen (secondary N) is 2. The van der Waals surface area contributed by atoms with Gasteiger partial charge in [-0.05, 0) is 18.1 Å². The number of nitrogens with zero attached hydrogens (tertiary/aromatic N) is 2. The van der Waals surface area contributed by atoms with Crippen LogP contribution < -0.4 is 10.0 Å². The Bertz CT molecular complexity index is 693. The highest BCUT2D eigenvalue weighted by atomic mass is 32.2. The standard InChI is InChI=1S/C13H20N4O2S/c1-4-10(2)9-15-20(18,19)13-12(14-3)16-11-7-5-6-8-17(11)13/h5-8,10,14-15H,4,9H2,1-3H3. The average molecular weight is 296 g/mol. The first kappa shape index (κ1) is 14.8. The van der Waals surface area contributed by atoms with Crippen LogP contribution in [0.15, 0.2) is 29.4 Å². The topological polar surface area (TPSA) is 75.5 Å². The molecule has 0 fully saturated rings. The minimum absolute atomic E-state index is 0.152. The summed E-state index contributed by atoms with van der Waals surface area (Å²) in [4.78, 5) is 4.28. The lowest BCUT2D eigenvalue weighted by atomic mass is 10.1. The van der Waals surface area contributed by atoms with Gasteiger partial charge in [0.05, 0.1) is 0 Å². The average Bonchev–Trinajstić information content (AvgIpc) is 2.84. The molecule has 20 heavy (non-hydrogen) atoms. The lowest BCUT2D eigenvalue weighted by molar-refractivity contribution is 0.526. The van der Waals surface area contributed by atoms with Gasteiger partial charge in [0, 0.05) is 19.8 Å². The van der Waals surface area contributed by atoms with Gasteiger partial charge in [0.2, 0.25) is 0 Å². The summed E-state index contributed by atoms with van der Waals surface area (Å²) in [6.07, 6.45) is 2.62. The second-order valence-electron chi connectivity index (χ2n) is 4.81. The third-order valence-corrected chi connectivity index (χ3v) is 4.74. The number of fused-ring (bicyclic) bond motifs is 1. The molecule has 2 heterocycles. The van der Waals surface area contributed by atoms with Gasteiger partial charge in [0.15, 0.2) is 10.8 Å². The van der Waals surface area contributed by atoms with Crippen molar-refractivity contribution in [1.82, 2.24) is 14.1 Å². The Morgan fingerprint density at radius 1 is 1.40 bits per heavy atom. The maximum Gasteiger partial charge on any atom is 0.260 e. The van der Waals surface area contributed by atoms with Crippen LogP contribution in [0.3, 0.4) is 0 Å². The van der Waals surface area contributed by atoms with Crippen LogP contribution in [-0.4, -0.2) is 31.4 Å². The number of hydrogen-bond acceptors (Lipinski definition) is 4. The van der Waals surface area contributed by atoms with Gasteiger partial charge < -0.3 is 5.32 Å². The molecule has 0 bridgehead atoms. The Morgan fingerprint density at radius 3 is 2.80 bits per heavy atom. The van der Waals surface area contributed by atoms with E-state index in [4.69, 9.17) is 0 Å². The van der Waals surface area contributed by atoms with Crippen molar-refractivity contribution in [2.24, 2.45) is 5.92 Å². The highest BCUT2D eigenvalue weighted by Gasteiger charge is 2.24. The van der Waals surface area contributed by atoms with E-state index in [0.717, 1.165) is 6.42 Å². The molecule has 1 atom stereocenters. The Hall–Kier alpha value is -1.60. The molecule has 110 valence electrons. The molecule has 0 saturated carbocycles. The molecule has 0 saturated heterocycles. The Balaban J connectivity index is 2.45. The second kappa shape index (κ2) is 5.80. The van der Waals surface area contributed by atoms with Crippen LogP contribution in [0.1, 0.15) is 20.3 Å². The maximum atomic E-state index is 12.5. The summed E-state index contributed by atoms with van der Waals surface area (Å²) in [6, 6.07) is 5.38. The van der Waals surface area contributed by atoms with Gasteiger partial charge in [-0.1, -0.05) is 26.3 Å². The van der Waals surface area contributed by atoms with Gasteiger partial charge in [-0.25, -0.2) is 18.1 Å². The van der Waals surface area contributed by atoms with Crippen LogP contribution >= 0.6 is 0 Å². The minimum atomic E-state index is -3.60. The van der Waals surface area contributed by atoms with Crippen molar-refractivity contribution in [3.05, 3.63) is 24.4 Å². The molecular weight excluding hydrogens is 276 g/mol. The van der Waals surface area contributed by atoms with Gasteiger partial charge >= 0.3 is 0 Å². The number of imidazole rings is 1. The SMILES string of the molecule is CCC(C)CNS(=O)(=O)c1c(NC)nc2ccccn12. The van der Waals surface area contributed by atoms with Crippen molar-refractivity contribution in [2.45, 2.75) is 25.3 Å². The molecule has 2 aromatic heterocycles. The van der Waals surface area contributed by atoms with Crippen molar-refractivity contribution in [1.29, 1.82) is 0 Å². The second-order valence-corrected chi connectivity index (χ2v) is 6.49. The number of pyridine rings is 1. The summed E-state index contributed by atoms with van der Waals surface area (Å²) >= 11 is 0. The van der Waals surface area contributed by atoms with Crippen LogP contribution in [0.5, 0.6) is 0 Å². The van der Waals surface area contributed by atoms with E-state index >= 15 is 0 Å². The van der Waals surface area contributed by atoms with Crippen molar-refractivity contribution in [2.75, 3.05) is 18.9 Å². The molecule has 0 aliphatic carbocycles. The fraction of sp³-hybridized carbons (Fsp3) is 0.462. The van der Waals surface area contributed by atoms with Crippen LogP contribution in [-0.2, 0) is 10.0 Å². The molecule has 1 unspecified atom stereocenters. The predicted molar refractivity (Wildman–Crippen MR) is 79.4 cm³/mol. The Morgan fingerprint density at radius 2 is 2.15 bits per heavy atom. The molecule has 2 N–H and O–H groups in total. The molecule has 6 nitrogen and oxygen atoms in total. The minimum Gasteiger partial charge on any atom is -0.371 e. The van der Waals surface area contributed by atoms with Crippen molar-refractivity contribution >= 4 is 21.5 Å². The first-order valence-corrected chi connectivity index (χ1v) is 8.12. The first-order valence-electron chi connectivity index (χ1n) is 6.64. The van der Waals surface area contributed by atoms with E-state index in [0.29, 0.717) is 23.9 Å². The van der Waals surface area contributed by atoms with E-state index in [1.165, 1.54) is 0 Å². The maximum absolute atomic E-state index is 12.5. The summed E-state index contributed by atoms with van der Waals surface area (Å²) in [6.45, 7) is 4.46. The first-order chi connectivity index (χ1) is 9.49. The summed E-state index contributed by atoms with van der Waals surface area (Å²) in [5.74, 6) is 0.648. The van der Waals surface area contributed by atoms with E-state index < -0.39 is 10.0 Å². The van der Waals surface area contributed by atoms with Crippen LogP contribution in [0.2, 0.25) is 0 Å². The van der Waals surface area contributed by atoms with Gasteiger partial charge in [0.25, 0.3) is 10.0 Å². The summed E-state index contributed by atoms with van der Waals surface area (Å²) in [5, 5.41) is 2.99. The van der Waals surface area contributed by atoms with Crippen LogP contribution in [0, 0.1) is 5.92 Å². The molecule has 2 aromatic rings. The highest BCUT2D eigenvalue weighted by molar-refractivity contribution is 7.89. The monoisotopic (exact) mass is 296 g/mol. The van der Waals surface area contributed by atoms with Crippen molar-refractivity contribution in [3.8, 4) is 0 Å². The summed E-state index contributed by atoms with van der Waals surface area (Å²) in [5.41, 5.74) is 0.598. The van der Waals surface area contributed by atoms with E-state index in [1.807, 2.05) is 19.9 Å². The molecule has 0 aliphatic rings. The smallest absolute Gasteiger partial charge is 0.260 e. The fourth-order valence-electron chi connectivity index (χ4n) is 1.86. The van der Waals surface area contributed by atoms with Gasteiger partial charge in [-0.3, -0.25) is 4.40 Å².